The first-order chi connectivity index (χ1) is 9.96. The fourth-order valence-electron chi connectivity index (χ4n) is 1.99. The molecule has 1 atom stereocenters. The van der Waals surface area contributed by atoms with Crippen LogP contribution in [0.3, 0.4) is 0 Å². The number of nitrogens with one attached hydrogen (secondary N) is 1. The van der Waals surface area contributed by atoms with E-state index in [4.69, 9.17) is 9.47 Å². The Morgan fingerprint density at radius 1 is 1.24 bits per heavy atom. The van der Waals surface area contributed by atoms with Crippen LogP contribution in [0.15, 0.2) is 24.3 Å². The number of benzene rings is 1. The number of para-hydroxylation sites is 1. The van der Waals surface area contributed by atoms with Gasteiger partial charge in [0.1, 0.15) is 12.4 Å². The van der Waals surface area contributed by atoms with E-state index in [9.17, 15) is 13.2 Å². The molecule has 0 aromatic heterocycles. The third-order valence-corrected chi connectivity index (χ3v) is 2.93. The van der Waals surface area contributed by atoms with Crippen molar-refractivity contribution >= 4 is 0 Å². The number of rotatable bonds is 9. The summed E-state index contributed by atoms with van der Waals surface area (Å²) in [5.41, 5.74) is 0.948. The largest absolute Gasteiger partial charge is 0.496 e. The second-order valence-corrected chi connectivity index (χ2v) is 4.80. The highest BCUT2D eigenvalue weighted by atomic mass is 19.4. The van der Waals surface area contributed by atoms with Crippen molar-refractivity contribution in [2.45, 2.75) is 32.0 Å². The summed E-state index contributed by atoms with van der Waals surface area (Å²) in [7, 11) is 1.58. The van der Waals surface area contributed by atoms with Gasteiger partial charge in [0.25, 0.3) is 0 Å². The van der Waals surface area contributed by atoms with Crippen LogP contribution in [0.25, 0.3) is 0 Å². The molecule has 3 nitrogen and oxygen atoms in total. The van der Waals surface area contributed by atoms with Crippen molar-refractivity contribution in [3.8, 4) is 5.75 Å². The molecular formula is C15H22F3NO2. The molecule has 0 saturated carbocycles. The summed E-state index contributed by atoms with van der Waals surface area (Å²) in [5.74, 6) is 0.733. The minimum absolute atomic E-state index is 0.0115. The molecule has 6 heteroatoms. The smallest absolute Gasteiger partial charge is 0.411 e. The van der Waals surface area contributed by atoms with Gasteiger partial charge in [-0.3, -0.25) is 0 Å². The molecule has 1 aromatic rings. The van der Waals surface area contributed by atoms with Gasteiger partial charge in [-0.25, -0.2) is 0 Å². The van der Waals surface area contributed by atoms with Gasteiger partial charge in [-0.2, -0.15) is 13.2 Å². The lowest BCUT2D eigenvalue weighted by Crippen LogP contribution is -2.37. The molecule has 0 fully saturated rings. The SMILES string of the molecule is CCCNC(COCC(F)(F)F)Cc1ccccc1OC. The Balaban J connectivity index is 2.60. The molecule has 0 saturated heterocycles. The molecule has 0 heterocycles. The maximum Gasteiger partial charge on any atom is 0.411 e. The molecule has 0 aliphatic rings. The van der Waals surface area contributed by atoms with Gasteiger partial charge in [-0.05, 0) is 31.0 Å². The Kier molecular flexibility index (Phi) is 7.53. The third-order valence-electron chi connectivity index (χ3n) is 2.93. The predicted molar refractivity (Wildman–Crippen MR) is 75.7 cm³/mol. The van der Waals surface area contributed by atoms with E-state index in [0.717, 1.165) is 24.3 Å². The molecule has 0 spiro atoms. The number of halogens is 3. The predicted octanol–water partition coefficient (Wildman–Crippen LogP) is 3.18. The van der Waals surface area contributed by atoms with E-state index in [1.165, 1.54) is 0 Å². The molecule has 1 N–H and O–H groups in total. The van der Waals surface area contributed by atoms with E-state index in [0.29, 0.717) is 6.42 Å². The number of hydrogen-bond acceptors (Lipinski definition) is 3. The van der Waals surface area contributed by atoms with Crippen molar-refractivity contribution in [3.05, 3.63) is 29.8 Å². The van der Waals surface area contributed by atoms with Crippen LogP contribution in [-0.4, -0.2) is 39.1 Å². The van der Waals surface area contributed by atoms with Crippen LogP contribution in [-0.2, 0) is 11.2 Å². The second kappa shape index (κ2) is 8.89. The molecule has 0 aliphatic carbocycles. The van der Waals surface area contributed by atoms with Crippen molar-refractivity contribution in [1.29, 1.82) is 0 Å². The van der Waals surface area contributed by atoms with Crippen molar-refractivity contribution in [3.63, 3.8) is 0 Å². The number of ether oxygens (including phenoxy) is 2. The number of methoxy groups -OCH3 is 1. The van der Waals surface area contributed by atoms with Gasteiger partial charge in [0.2, 0.25) is 0 Å². The van der Waals surface area contributed by atoms with Crippen molar-refractivity contribution in [2.24, 2.45) is 0 Å². The van der Waals surface area contributed by atoms with Gasteiger partial charge in [-0.15, -0.1) is 0 Å². The maximum atomic E-state index is 12.1. The maximum absolute atomic E-state index is 12.1. The molecule has 0 aliphatic heterocycles. The Hall–Kier alpha value is -1.27. The standard InChI is InChI=1S/C15H22F3NO2/c1-3-8-19-13(10-21-11-15(16,17)18)9-12-6-4-5-7-14(12)20-2/h4-7,13,19H,3,8-11H2,1-2H3. The van der Waals surface area contributed by atoms with Crippen LogP contribution in [0, 0.1) is 0 Å². The van der Waals surface area contributed by atoms with Gasteiger partial charge in [0, 0.05) is 6.04 Å². The Morgan fingerprint density at radius 2 is 1.95 bits per heavy atom. The Labute approximate surface area is 123 Å². The first-order valence-electron chi connectivity index (χ1n) is 6.96. The normalized spacial score (nSPS) is 13.2. The summed E-state index contributed by atoms with van der Waals surface area (Å²) in [4.78, 5) is 0. The first kappa shape index (κ1) is 17.8. The van der Waals surface area contributed by atoms with Crippen LogP contribution < -0.4 is 10.1 Å². The number of hydrogen-bond donors (Lipinski definition) is 1. The summed E-state index contributed by atoms with van der Waals surface area (Å²) in [5, 5.41) is 3.21. The van der Waals surface area contributed by atoms with Gasteiger partial charge < -0.3 is 14.8 Å². The highest BCUT2D eigenvalue weighted by Gasteiger charge is 2.28. The van der Waals surface area contributed by atoms with E-state index in [1.807, 2.05) is 31.2 Å². The zero-order chi connectivity index (χ0) is 15.7. The fourth-order valence-corrected chi connectivity index (χ4v) is 1.99. The van der Waals surface area contributed by atoms with Gasteiger partial charge in [0.15, 0.2) is 0 Å². The highest BCUT2D eigenvalue weighted by molar-refractivity contribution is 5.33. The molecule has 1 aromatic carbocycles. The quantitative estimate of drug-likeness (QED) is 0.760. The molecule has 120 valence electrons. The summed E-state index contributed by atoms with van der Waals surface area (Å²) < 4.78 is 46.5. The van der Waals surface area contributed by atoms with Gasteiger partial charge >= 0.3 is 6.18 Å². The van der Waals surface area contributed by atoms with E-state index in [2.05, 4.69) is 5.32 Å². The van der Waals surface area contributed by atoms with Crippen LogP contribution >= 0.6 is 0 Å². The van der Waals surface area contributed by atoms with Crippen LogP contribution in [0.5, 0.6) is 5.75 Å². The lowest BCUT2D eigenvalue weighted by Gasteiger charge is -2.20. The highest BCUT2D eigenvalue weighted by Crippen LogP contribution is 2.20. The Bertz CT molecular complexity index is 410. The average molecular weight is 305 g/mol. The third kappa shape index (κ3) is 7.34. The summed E-state index contributed by atoms with van der Waals surface area (Å²) >= 11 is 0. The second-order valence-electron chi connectivity index (χ2n) is 4.80. The minimum atomic E-state index is -4.29. The van der Waals surface area contributed by atoms with Crippen molar-refractivity contribution in [1.82, 2.24) is 5.32 Å². The Morgan fingerprint density at radius 3 is 2.57 bits per heavy atom. The molecule has 0 radical (unpaired) electrons. The molecule has 1 rings (SSSR count). The summed E-state index contributed by atoms with van der Waals surface area (Å²) in [6.45, 7) is 1.53. The molecule has 0 bridgehead atoms. The summed E-state index contributed by atoms with van der Waals surface area (Å²) in [6.07, 6.45) is -2.83. The fraction of sp³-hybridized carbons (Fsp3) is 0.600. The van der Waals surface area contributed by atoms with Gasteiger partial charge in [-0.1, -0.05) is 25.1 Å². The minimum Gasteiger partial charge on any atom is -0.496 e. The van der Waals surface area contributed by atoms with Crippen LogP contribution in [0.1, 0.15) is 18.9 Å². The zero-order valence-electron chi connectivity index (χ0n) is 12.4. The van der Waals surface area contributed by atoms with E-state index in [1.54, 1.807) is 7.11 Å². The monoisotopic (exact) mass is 305 g/mol. The van der Waals surface area contributed by atoms with Crippen LogP contribution in [0.2, 0.25) is 0 Å². The van der Waals surface area contributed by atoms with Crippen molar-refractivity contribution < 1.29 is 22.6 Å². The summed E-state index contributed by atoms with van der Waals surface area (Å²) in [6, 6.07) is 7.30. The average Bonchev–Trinajstić information content (AvgIpc) is 2.43. The topological polar surface area (TPSA) is 30.5 Å². The van der Waals surface area contributed by atoms with E-state index in [-0.39, 0.29) is 12.6 Å². The molecule has 1 unspecified atom stereocenters. The molecule has 21 heavy (non-hydrogen) atoms. The lowest BCUT2D eigenvalue weighted by molar-refractivity contribution is -0.175. The van der Waals surface area contributed by atoms with Crippen molar-refractivity contribution in [2.75, 3.05) is 26.9 Å². The van der Waals surface area contributed by atoms with Crippen LogP contribution in [0.4, 0.5) is 13.2 Å². The van der Waals surface area contributed by atoms with E-state index >= 15 is 0 Å². The zero-order valence-corrected chi connectivity index (χ0v) is 12.4. The lowest BCUT2D eigenvalue weighted by atomic mass is 10.1. The van der Waals surface area contributed by atoms with E-state index < -0.39 is 12.8 Å². The molecular weight excluding hydrogens is 283 g/mol. The number of alkyl halides is 3. The van der Waals surface area contributed by atoms with Gasteiger partial charge in [0.05, 0.1) is 13.7 Å². The first-order valence-corrected chi connectivity index (χ1v) is 6.96. The molecule has 0 amide bonds.